The van der Waals surface area contributed by atoms with Gasteiger partial charge in [0.25, 0.3) is 5.91 Å². The van der Waals surface area contributed by atoms with Crippen molar-refractivity contribution in [1.29, 1.82) is 0 Å². The molecule has 0 aliphatic heterocycles. The summed E-state index contributed by atoms with van der Waals surface area (Å²) >= 11 is 0. The van der Waals surface area contributed by atoms with E-state index >= 15 is 0 Å². The summed E-state index contributed by atoms with van der Waals surface area (Å²) in [5.41, 5.74) is 3.96. The number of anilines is 2. The smallest absolute Gasteiger partial charge is 0.251 e. The first-order chi connectivity index (χ1) is 12.6. The first-order valence-electron chi connectivity index (χ1n) is 8.05. The first kappa shape index (κ1) is 17.2. The average Bonchev–Trinajstić information content (AvgIpc) is 3.11. The zero-order valence-electron chi connectivity index (χ0n) is 13.9. The van der Waals surface area contributed by atoms with Crippen LogP contribution in [0.25, 0.3) is 6.08 Å². The van der Waals surface area contributed by atoms with Gasteiger partial charge in [-0.3, -0.25) is 14.9 Å². The molecule has 1 amide bonds. The SMILES string of the molecule is O=C(Nc1ccccc1)C1=CC=C(Nc2ccc(/C=C\[N+](=O)[O-])cc2)C1. The van der Waals surface area contributed by atoms with E-state index < -0.39 is 4.92 Å². The number of nitrogens with zero attached hydrogens (tertiary/aromatic N) is 1. The van der Waals surface area contributed by atoms with Gasteiger partial charge in [-0.25, -0.2) is 0 Å². The van der Waals surface area contributed by atoms with Crippen LogP contribution in [0.15, 0.2) is 84.2 Å². The molecule has 6 nitrogen and oxygen atoms in total. The molecule has 26 heavy (non-hydrogen) atoms. The van der Waals surface area contributed by atoms with Gasteiger partial charge in [-0.1, -0.05) is 36.4 Å². The van der Waals surface area contributed by atoms with Gasteiger partial charge in [0, 0.05) is 35.1 Å². The minimum Gasteiger partial charge on any atom is -0.359 e. The average molecular weight is 347 g/mol. The predicted molar refractivity (Wildman–Crippen MR) is 102 cm³/mol. The van der Waals surface area contributed by atoms with Gasteiger partial charge in [-0.2, -0.15) is 0 Å². The molecule has 3 rings (SSSR count). The quantitative estimate of drug-likeness (QED) is 0.606. The van der Waals surface area contributed by atoms with Crippen LogP contribution in [-0.4, -0.2) is 10.8 Å². The molecule has 0 heterocycles. The maximum atomic E-state index is 12.3. The van der Waals surface area contributed by atoms with Crippen LogP contribution in [0.2, 0.25) is 0 Å². The number of rotatable bonds is 6. The van der Waals surface area contributed by atoms with Gasteiger partial charge in [-0.15, -0.1) is 0 Å². The molecule has 2 aromatic rings. The summed E-state index contributed by atoms with van der Waals surface area (Å²) in [6, 6.07) is 16.6. The first-order valence-corrected chi connectivity index (χ1v) is 8.05. The molecule has 1 aliphatic carbocycles. The van der Waals surface area contributed by atoms with Crippen molar-refractivity contribution in [2.24, 2.45) is 0 Å². The van der Waals surface area contributed by atoms with Crippen molar-refractivity contribution in [2.45, 2.75) is 6.42 Å². The fourth-order valence-corrected chi connectivity index (χ4v) is 2.51. The Labute approximate surface area is 150 Å². The van der Waals surface area contributed by atoms with Crippen molar-refractivity contribution in [2.75, 3.05) is 10.6 Å². The summed E-state index contributed by atoms with van der Waals surface area (Å²) in [5.74, 6) is -0.121. The van der Waals surface area contributed by atoms with Crippen LogP contribution >= 0.6 is 0 Å². The van der Waals surface area contributed by atoms with E-state index in [2.05, 4.69) is 10.6 Å². The highest BCUT2D eigenvalue weighted by atomic mass is 16.6. The highest BCUT2D eigenvalue weighted by Gasteiger charge is 2.15. The summed E-state index contributed by atoms with van der Waals surface area (Å²) in [6.07, 6.45) is 6.53. The predicted octanol–water partition coefficient (Wildman–Crippen LogP) is 4.20. The second-order valence-electron chi connectivity index (χ2n) is 5.73. The molecule has 130 valence electrons. The molecule has 0 radical (unpaired) electrons. The maximum Gasteiger partial charge on any atom is 0.251 e. The van der Waals surface area contributed by atoms with E-state index in [1.807, 2.05) is 48.5 Å². The number of amides is 1. The van der Waals surface area contributed by atoms with Gasteiger partial charge >= 0.3 is 0 Å². The molecule has 0 spiro atoms. The normalized spacial score (nSPS) is 13.2. The largest absolute Gasteiger partial charge is 0.359 e. The number of allylic oxidation sites excluding steroid dienone is 3. The third-order valence-electron chi connectivity index (χ3n) is 3.79. The number of nitro groups is 1. The Morgan fingerprint density at radius 3 is 2.42 bits per heavy atom. The van der Waals surface area contributed by atoms with Crippen molar-refractivity contribution in [3.8, 4) is 0 Å². The van der Waals surface area contributed by atoms with Crippen LogP contribution < -0.4 is 10.6 Å². The van der Waals surface area contributed by atoms with Crippen molar-refractivity contribution in [1.82, 2.24) is 0 Å². The van der Waals surface area contributed by atoms with Crippen LogP contribution in [0.1, 0.15) is 12.0 Å². The molecule has 0 unspecified atom stereocenters. The topological polar surface area (TPSA) is 84.3 Å². The van der Waals surface area contributed by atoms with Crippen LogP contribution in [-0.2, 0) is 4.79 Å². The summed E-state index contributed by atoms with van der Waals surface area (Å²) in [6.45, 7) is 0. The lowest BCUT2D eigenvalue weighted by Crippen LogP contribution is -2.14. The van der Waals surface area contributed by atoms with Crippen LogP contribution in [0.5, 0.6) is 0 Å². The second-order valence-corrected chi connectivity index (χ2v) is 5.73. The molecule has 1 aliphatic rings. The summed E-state index contributed by atoms with van der Waals surface area (Å²) in [4.78, 5) is 22.1. The van der Waals surface area contributed by atoms with E-state index in [4.69, 9.17) is 0 Å². The number of para-hydroxylation sites is 1. The minimum atomic E-state index is -0.497. The van der Waals surface area contributed by atoms with Crippen LogP contribution in [0, 0.1) is 10.1 Å². The van der Waals surface area contributed by atoms with Crippen LogP contribution in [0.3, 0.4) is 0 Å². The van der Waals surface area contributed by atoms with E-state index in [1.165, 1.54) is 6.08 Å². The van der Waals surface area contributed by atoms with Gasteiger partial charge in [0.2, 0.25) is 6.20 Å². The van der Waals surface area contributed by atoms with E-state index in [9.17, 15) is 14.9 Å². The van der Waals surface area contributed by atoms with Gasteiger partial charge in [-0.05, 0) is 35.9 Å². The summed E-state index contributed by atoms with van der Waals surface area (Å²) in [7, 11) is 0. The Kier molecular flexibility index (Phi) is 5.24. The zero-order chi connectivity index (χ0) is 18.4. The molecule has 2 aromatic carbocycles. The molecule has 0 aromatic heterocycles. The number of hydrogen-bond acceptors (Lipinski definition) is 4. The fraction of sp³-hybridized carbons (Fsp3) is 0.0500. The summed E-state index contributed by atoms with van der Waals surface area (Å²) < 4.78 is 0. The molecular weight excluding hydrogens is 330 g/mol. The lowest BCUT2D eigenvalue weighted by atomic mass is 10.1. The fourth-order valence-electron chi connectivity index (χ4n) is 2.51. The Hall–Kier alpha value is -3.67. The minimum absolute atomic E-state index is 0.121. The van der Waals surface area contributed by atoms with Gasteiger partial charge in [0.05, 0.1) is 4.92 Å². The number of benzene rings is 2. The Morgan fingerprint density at radius 2 is 1.73 bits per heavy atom. The highest BCUT2D eigenvalue weighted by Crippen LogP contribution is 2.23. The molecule has 0 saturated carbocycles. The Bertz CT molecular complexity index is 898. The molecule has 0 bridgehead atoms. The van der Waals surface area contributed by atoms with Crippen molar-refractivity contribution in [3.05, 3.63) is 99.9 Å². The lowest BCUT2D eigenvalue weighted by Gasteiger charge is -2.10. The van der Waals surface area contributed by atoms with E-state index in [0.717, 1.165) is 28.8 Å². The monoisotopic (exact) mass is 347 g/mol. The van der Waals surface area contributed by atoms with E-state index in [1.54, 1.807) is 18.2 Å². The third kappa shape index (κ3) is 4.67. The summed E-state index contributed by atoms with van der Waals surface area (Å²) in [5, 5.41) is 16.5. The second kappa shape index (κ2) is 7.94. The number of hydrogen-bond donors (Lipinski definition) is 2. The highest BCUT2D eigenvalue weighted by molar-refractivity contribution is 6.04. The molecule has 0 fully saturated rings. The third-order valence-corrected chi connectivity index (χ3v) is 3.79. The zero-order valence-corrected chi connectivity index (χ0v) is 13.9. The Morgan fingerprint density at radius 1 is 1.00 bits per heavy atom. The van der Waals surface area contributed by atoms with E-state index in [-0.39, 0.29) is 5.91 Å². The number of nitrogens with one attached hydrogen (secondary N) is 2. The lowest BCUT2D eigenvalue weighted by molar-refractivity contribution is -0.400. The van der Waals surface area contributed by atoms with Gasteiger partial charge in [0.1, 0.15) is 0 Å². The van der Waals surface area contributed by atoms with Crippen molar-refractivity contribution >= 4 is 23.4 Å². The standard InChI is InChI=1S/C20H17N3O3/c24-20(22-17-4-2-1-3-5-17)16-8-11-19(14-16)21-18-9-6-15(7-10-18)12-13-23(25)26/h1-13,21H,14H2,(H,22,24)/b13-12-. The molecule has 0 atom stereocenters. The van der Waals surface area contributed by atoms with Gasteiger partial charge in [0.15, 0.2) is 0 Å². The number of carbonyl (C=O) groups is 1. The van der Waals surface area contributed by atoms with Gasteiger partial charge < -0.3 is 10.6 Å². The molecular formula is C20H17N3O3. The van der Waals surface area contributed by atoms with Crippen molar-refractivity contribution < 1.29 is 9.72 Å². The maximum absolute atomic E-state index is 12.3. The van der Waals surface area contributed by atoms with Crippen LogP contribution in [0.4, 0.5) is 11.4 Å². The molecule has 2 N–H and O–H groups in total. The molecule has 6 heteroatoms. The molecule has 0 saturated heterocycles. The van der Waals surface area contributed by atoms with E-state index in [0.29, 0.717) is 12.0 Å². The van der Waals surface area contributed by atoms with Crippen molar-refractivity contribution in [3.63, 3.8) is 0 Å². The Balaban J connectivity index is 1.53. The number of carbonyl (C=O) groups excluding carboxylic acids is 1.